The zero-order valence-corrected chi connectivity index (χ0v) is 22.2. The van der Waals surface area contributed by atoms with Crippen LogP contribution in [0.2, 0.25) is 5.02 Å². The second-order valence-electron chi connectivity index (χ2n) is 9.39. The Morgan fingerprint density at radius 1 is 1.14 bits per heavy atom. The van der Waals surface area contributed by atoms with E-state index in [4.69, 9.17) is 21.3 Å². The van der Waals surface area contributed by atoms with Crippen molar-refractivity contribution in [3.05, 3.63) is 62.3 Å². The topological polar surface area (TPSA) is 86.0 Å². The van der Waals surface area contributed by atoms with Gasteiger partial charge in [0, 0.05) is 30.0 Å². The summed E-state index contributed by atoms with van der Waals surface area (Å²) in [6.45, 7) is 2.80. The minimum absolute atomic E-state index is 0.179. The summed E-state index contributed by atoms with van der Waals surface area (Å²) in [5, 5.41) is 1.51. The van der Waals surface area contributed by atoms with Crippen molar-refractivity contribution in [1.29, 1.82) is 0 Å². The lowest BCUT2D eigenvalue weighted by molar-refractivity contribution is 0.186. The molecule has 1 spiro atoms. The first-order chi connectivity index (χ1) is 17.5. The predicted molar refractivity (Wildman–Crippen MR) is 142 cm³/mol. The van der Waals surface area contributed by atoms with Crippen LogP contribution in [0, 0.1) is 5.41 Å². The first-order valence-corrected chi connectivity index (χ1v) is 14.0. The summed E-state index contributed by atoms with van der Waals surface area (Å²) in [5.41, 5.74) is 4.05. The minimum Gasteiger partial charge on any atom is -0.383 e. The van der Waals surface area contributed by atoms with E-state index in [0.717, 1.165) is 48.1 Å². The van der Waals surface area contributed by atoms with Gasteiger partial charge in [-0.3, -0.25) is 9.36 Å². The van der Waals surface area contributed by atoms with Gasteiger partial charge in [0.2, 0.25) is 0 Å². The second-order valence-corrected chi connectivity index (χ2v) is 11.8. The van der Waals surface area contributed by atoms with Crippen LogP contribution in [0.4, 0.5) is 5.82 Å². The fourth-order valence-corrected chi connectivity index (χ4v) is 7.23. The van der Waals surface area contributed by atoms with Gasteiger partial charge in [-0.05, 0) is 43.2 Å². The average molecular weight is 541 g/mol. The van der Waals surface area contributed by atoms with Gasteiger partial charge < -0.3 is 9.64 Å². The van der Waals surface area contributed by atoms with E-state index in [1.54, 1.807) is 24.6 Å². The molecule has 4 aromatic rings. The summed E-state index contributed by atoms with van der Waals surface area (Å²) in [4.78, 5) is 35.8. The van der Waals surface area contributed by atoms with Crippen LogP contribution in [0.5, 0.6) is 0 Å². The van der Waals surface area contributed by atoms with Crippen molar-refractivity contribution in [2.45, 2.75) is 42.1 Å². The maximum atomic E-state index is 13.0. The molecule has 1 fully saturated rings. The summed E-state index contributed by atoms with van der Waals surface area (Å²) in [6, 6.07) is 3.69. The third kappa shape index (κ3) is 4.40. The van der Waals surface area contributed by atoms with Crippen LogP contribution in [0.3, 0.4) is 0 Å². The molecule has 0 atom stereocenters. The van der Waals surface area contributed by atoms with Gasteiger partial charge in [-0.15, -0.1) is 11.3 Å². The molecule has 3 aromatic heterocycles. The minimum atomic E-state index is -0.179. The first-order valence-electron chi connectivity index (χ1n) is 11.9. The lowest BCUT2D eigenvalue weighted by Crippen LogP contribution is -2.41. The van der Waals surface area contributed by atoms with Gasteiger partial charge in [0.15, 0.2) is 0 Å². The van der Waals surface area contributed by atoms with Gasteiger partial charge in [0.1, 0.15) is 10.8 Å². The molecule has 1 aliphatic carbocycles. The number of nitrogens with zero attached hydrogens (tertiary/aromatic N) is 6. The van der Waals surface area contributed by atoms with E-state index >= 15 is 0 Å². The molecule has 1 aromatic carbocycles. The number of thiazole rings is 1. The fraction of sp³-hybridized carbons (Fsp3) is 0.400. The molecule has 36 heavy (non-hydrogen) atoms. The molecule has 0 radical (unpaired) electrons. The van der Waals surface area contributed by atoms with E-state index in [-0.39, 0.29) is 5.56 Å². The van der Waals surface area contributed by atoms with Crippen LogP contribution in [0.15, 0.2) is 51.1 Å². The first kappa shape index (κ1) is 23.8. The Kier molecular flexibility index (Phi) is 6.45. The number of hydrogen-bond donors (Lipinski definition) is 0. The average Bonchev–Trinajstić information content (AvgIpc) is 3.45. The zero-order valence-electron chi connectivity index (χ0n) is 19.8. The SMILES string of the molecule is COCCn1cnc2ccc(Sc3cnc(N4CCC5(CC4)Cc4ncsc4C5)cn3)c(Cl)c2c1=O. The highest BCUT2D eigenvalue weighted by molar-refractivity contribution is 7.99. The van der Waals surface area contributed by atoms with Crippen molar-refractivity contribution < 1.29 is 4.74 Å². The van der Waals surface area contributed by atoms with Crippen LogP contribution in [0.25, 0.3) is 10.9 Å². The number of piperidine rings is 1. The third-order valence-corrected chi connectivity index (χ3v) is 9.57. The van der Waals surface area contributed by atoms with Crippen LogP contribution in [-0.4, -0.2) is 51.3 Å². The Hall–Kier alpha value is -2.53. The van der Waals surface area contributed by atoms with Gasteiger partial charge in [-0.1, -0.05) is 23.4 Å². The number of methoxy groups -OCH3 is 1. The van der Waals surface area contributed by atoms with Crippen LogP contribution in [-0.2, 0) is 24.1 Å². The smallest absolute Gasteiger partial charge is 0.262 e. The molecule has 6 rings (SSSR count). The number of fused-ring (bicyclic) bond motifs is 2. The van der Waals surface area contributed by atoms with Crippen molar-refractivity contribution >= 4 is 51.4 Å². The quantitative estimate of drug-likeness (QED) is 0.354. The van der Waals surface area contributed by atoms with E-state index in [1.807, 2.05) is 23.8 Å². The predicted octanol–water partition coefficient (Wildman–Crippen LogP) is 4.48. The molecule has 0 N–H and O–H groups in total. The largest absolute Gasteiger partial charge is 0.383 e. The van der Waals surface area contributed by atoms with Crippen LogP contribution < -0.4 is 10.5 Å². The number of hydrogen-bond acceptors (Lipinski definition) is 9. The highest BCUT2D eigenvalue weighted by Gasteiger charge is 2.41. The van der Waals surface area contributed by atoms with E-state index in [9.17, 15) is 4.79 Å². The van der Waals surface area contributed by atoms with Gasteiger partial charge in [0.05, 0.1) is 59.0 Å². The normalized spacial score (nSPS) is 16.7. The summed E-state index contributed by atoms with van der Waals surface area (Å²) in [6.07, 6.45) is 9.72. The number of halogens is 1. The highest BCUT2D eigenvalue weighted by Crippen LogP contribution is 2.46. The second kappa shape index (κ2) is 9.74. The highest BCUT2D eigenvalue weighted by atomic mass is 35.5. The molecular weight excluding hydrogens is 516 g/mol. The van der Waals surface area contributed by atoms with Gasteiger partial charge in [0.25, 0.3) is 5.56 Å². The third-order valence-electron chi connectivity index (χ3n) is 7.21. The fourth-order valence-electron chi connectivity index (χ4n) is 5.16. The van der Waals surface area contributed by atoms with E-state index < -0.39 is 0 Å². The Labute approximate surface area is 221 Å². The maximum absolute atomic E-state index is 13.0. The van der Waals surface area contributed by atoms with E-state index in [1.165, 1.54) is 39.6 Å². The standard InChI is InChI=1S/C25H25ClN6O2S2/c1-34-9-8-32-14-29-16-2-3-18(23(26)22(16)24(32)33)36-21-13-27-20(12-28-21)31-6-4-25(5-7-31)10-17-19(11-25)35-15-30-17/h2-3,12-15H,4-11H2,1H3. The summed E-state index contributed by atoms with van der Waals surface area (Å²) < 4.78 is 6.61. The van der Waals surface area contributed by atoms with E-state index in [0.29, 0.717) is 34.5 Å². The lowest BCUT2D eigenvalue weighted by atomic mass is 9.76. The van der Waals surface area contributed by atoms with Gasteiger partial charge >= 0.3 is 0 Å². The molecule has 0 amide bonds. The maximum Gasteiger partial charge on any atom is 0.262 e. The molecular formula is C25H25ClN6O2S2. The zero-order chi connectivity index (χ0) is 24.7. The summed E-state index contributed by atoms with van der Waals surface area (Å²) in [7, 11) is 1.60. The van der Waals surface area contributed by atoms with Crippen molar-refractivity contribution in [2.24, 2.45) is 5.41 Å². The molecule has 2 aliphatic rings. The number of aromatic nitrogens is 5. The van der Waals surface area contributed by atoms with Gasteiger partial charge in [-0.2, -0.15) is 0 Å². The summed E-state index contributed by atoms with van der Waals surface area (Å²) in [5.74, 6) is 0.898. The van der Waals surface area contributed by atoms with Crippen molar-refractivity contribution in [2.75, 3.05) is 31.7 Å². The van der Waals surface area contributed by atoms with Crippen molar-refractivity contribution in [3.63, 3.8) is 0 Å². The summed E-state index contributed by atoms with van der Waals surface area (Å²) >= 11 is 9.87. The van der Waals surface area contributed by atoms with Crippen molar-refractivity contribution in [1.82, 2.24) is 24.5 Å². The Balaban J connectivity index is 1.15. The Morgan fingerprint density at radius 3 is 2.75 bits per heavy atom. The van der Waals surface area contributed by atoms with Crippen LogP contribution >= 0.6 is 34.7 Å². The number of benzene rings is 1. The molecule has 0 bridgehead atoms. The van der Waals surface area contributed by atoms with E-state index in [2.05, 4.69) is 19.9 Å². The Bertz CT molecular complexity index is 1440. The Morgan fingerprint density at radius 2 is 2.00 bits per heavy atom. The lowest BCUT2D eigenvalue weighted by Gasteiger charge is -2.39. The molecule has 8 nitrogen and oxygen atoms in total. The molecule has 186 valence electrons. The van der Waals surface area contributed by atoms with Crippen LogP contribution in [0.1, 0.15) is 23.4 Å². The molecule has 1 aliphatic heterocycles. The molecule has 0 saturated carbocycles. The van der Waals surface area contributed by atoms with Crippen molar-refractivity contribution in [3.8, 4) is 0 Å². The number of anilines is 1. The number of rotatable bonds is 6. The number of ether oxygens (including phenoxy) is 1. The molecule has 11 heteroatoms. The monoisotopic (exact) mass is 540 g/mol. The van der Waals surface area contributed by atoms with Gasteiger partial charge in [-0.25, -0.2) is 19.9 Å². The molecule has 4 heterocycles. The molecule has 0 unspecified atom stereocenters. The molecule has 1 saturated heterocycles.